The summed E-state index contributed by atoms with van der Waals surface area (Å²) in [5.41, 5.74) is -1.32. The molecule has 0 saturated carbocycles. The number of nitrogens with zero attached hydrogens (tertiary/aromatic N) is 1. The van der Waals surface area contributed by atoms with E-state index in [0.29, 0.717) is 22.3 Å². The van der Waals surface area contributed by atoms with Gasteiger partial charge in [-0.25, -0.2) is 0 Å². The lowest BCUT2D eigenvalue weighted by Gasteiger charge is -2.37. The molecule has 2 heterocycles. The normalized spacial score (nSPS) is 23.8. The molecule has 1 aliphatic rings. The third kappa shape index (κ3) is 3.17. The van der Waals surface area contributed by atoms with Gasteiger partial charge in [-0.15, -0.1) is 0 Å². The zero-order valence-electron chi connectivity index (χ0n) is 15.0. The summed E-state index contributed by atoms with van der Waals surface area (Å²) in [4.78, 5) is 0. The van der Waals surface area contributed by atoms with Crippen LogP contribution in [-0.4, -0.2) is 28.5 Å². The molecule has 0 amide bonds. The van der Waals surface area contributed by atoms with Crippen LogP contribution in [0.1, 0.15) is 46.6 Å². The summed E-state index contributed by atoms with van der Waals surface area (Å²) in [7, 11) is -0.874. The minimum atomic E-state index is -4.45. The zero-order chi connectivity index (χ0) is 18.6. The predicted octanol–water partition coefficient (Wildman–Crippen LogP) is 3.91. The largest absolute Gasteiger partial charge is 0.495 e. The molecule has 0 bridgehead atoms. The fourth-order valence-electron chi connectivity index (χ4n) is 3.43. The zero-order valence-corrected chi connectivity index (χ0v) is 15.0. The van der Waals surface area contributed by atoms with Crippen LogP contribution in [-0.2, 0) is 15.5 Å². The number of hydrogen-bond acceptors (Lipinski definition) is 3. The van der Waals surface area contributed by atoms with E-state index in [1.165, 1.54) is 6.20 Å². The third-order valence-electron chi connectivity index (χ3n) is 5.01. The molecule has 136 valence electrons. The standard InChI is InChI=1S/C17H22BF3N2O2/c1-10(2)8-16(5)15(3,4)24-18(25-16)13-6-11(17(19,20)21)7-14-12(13)9-22-23-14/h6-7,9-10H,8H2,1-5H3,(H,22,23). The van der Waals surface area contributed by atoms with E-state index in [9.17, 15) is 13.2 Å². The van der Waals surface area contributed by atoms with E-state index < -0.39 is 30.1 Å². The van der Waals surface area contributed by atoms with Crippen molar-refractivity contribution in [2.45, 2.75) is 58.4 Å². The van der Waals surface area contributed by atoms with E-state index in [1.54, 1.807) is 0 Å². The molecule has 0 spiro atoms. The number of hydrogen-bond donors (Lipinski definition) is 1. The van der Waals surface area contributed by atoms with E-state index in [4.69, 9.17) is 9.31 Å². The maximum Gasteiger partial charge on any atom is 0.495 e. The SMILES string of the molecule is CC(C)CC1(C)OB(c2cc(C(F)(F)F)cc3[nH]ncc23)OC1(C)C. The predicted molar refractivity (Wildman–Crippen MR) is 90.6 cm³/mol. The Balaban J connectivity index is 2.07. The number of H-pyrrole nitrogens is 1. The molecule has 1 aliphatic heterocycles. The smallest absolute Gasteiger partial charge is 0.399 e. The molecule has 0 radical (unpaired) electrons. The van der Waals surface area contributed by atoms with Gasteiger partial charge >= 0.3 is 13.3 Å². The highest BCUT2D eigenvalue weighted by atomic mass is 19.4. The number of alkyl halides is 3. The van der Waals surface area contributed by atoms with Crippen LogP contribution in [0.3, 0.4) is 0 Å². The average Bonchev–Trinajstić information content (AvgIpc) is 2.99. The lowest BCUT2D eigenvalue weighted by atomic mass is 9.76. The van der Waals surface area contributed by atoms with Crippen LogP contribution in [0, 0.1) is 5.92 Å². The maximum absolute atomic E-state index is 13.2. The summed E-state index contributed by atoms with van der Waals surface area (Å²) in [5.74, 6) is 0.363. The second-order valence-corrected chi connectivity index (χ2v) is 7.80. The molecule has 2 aromatic rings. The molecule has 0 aliphatic carbocycles. The number of benzene rings is 1. The number of fused-ring (bicyclic) bond motifs is 1. The quantitative estimate of drug-likeness (QED) is 0.851. The summed E-state index contributed by atoms with van der Waals surface area (Å²) >= 11 is 0. The van der Waals surface area contributed by atoms with Gasteiger partial charge in [0.15, 0.2) is 0 Å². The molecule has 1 fully saturated rings. The molecule has 4 nitrogen and oxygen atoms in total. The van der Waals surface area contributed by atoms with Gasteiger partial charge in [-0.1, -0.05) is 13.8 Å². The number of halogens is 3. The second-order valence-electron chi connectivity index (χ2n) is 7.80. The highest BCUT2D eigenvalue weighted by Gasteiger charge is 2.55. The highest BCUT2D eigenvalue weighted by Crippen LogP contribution is 2.42. The molecule has 1 atom stereocenters. The van der Waals surface area contributed by atoms with Crippen molar-refractivity contribution >= 4 is 23.5 Å². The minimum absolute atomic E-state index is 0.312. The Labute approximate surface area is 145 Å². The van der Waals surface area contributed by atoms with Crippen molar-refractivity contribution in [2.24, 2.45) is 5.92 Å². The van der Waals surface area contributed by atoms with Crippen molar-refractivity contribution in [1.29, 1.82) is 0 Å². The summed E-state index contributed by atoms with van der Waals surface area (Å²) in [5, 5.41) is 7.05. The lowest BCUT2D eigenvalue weighted by molar-refractivity contribution is -0.137. The van der Waals surface area contributed by atoms with Crippen LogP contribution in [0.2, 0.25) is 0 Å². The Hall–Kier alpha value is -1.54. The fourth-order valence-corrected chi connectivity index (χ4v) is 3.43. The maximum atomic E-state index is 13.2. The Bertz CT molecular complexity index is 788. The van der Waals surface area contributed by atoms with Gasteiger partial charge in [-0.2, -0.15) is 18.3 Å². The van der Waals surface area contributed by atoms with Gasteiger partial charge in [0.1, 0.15) is 0 Å². The van der Waals surface area contributed by atoms with Crippen LogP contribution in [0.4, 0.5) is 13.2 Å². The van der Waals surface area contributed by atoms with Crippen molar-refractivity contribution in [3.05, 3.63) is 23.9 Å². The van der Waals surface area contributed by atoms with Crippen molar-refractivity contribution in [1.82, 2.24) is 10.2 Å². The molecule has 1 N–H and O–H groups in total. The number of nitrogens with one attached hydrogen (secondary N) is 1. The van der Waals surface area contributed by atoms with Crippen LogP contribution in [0.25, 0.3) is 10.9 Å². The van der Waals surface area contributed by atoms with Gasteiger partial charge in [0, 0.05) is 5.39 Å². The van der Waals surface area contributed by atoms with E-state index >= 15 is 0 Å². The van der Waals surface area contributed by atoms with E-state index in [0.717, 1.165) is 18.6 Å². The van der Waals surface area contributed by atoms with E-state index in [-0.39, 0.29) is 0 Å². The van der Waals surface area contributed by atoms with Gasteiger partial charge in [0.2, 0.25) is 0 Å². The van der Waals surface area contributed by atoms with Crippen molar-refractivity contribution in [2.75, 3.05) is 0 Å². The van der Waals surface area contributed by atoms with Crippen LogP contribution < -0.4 is 5.46 Å². The number of rotatable bonds is 3. The molecular formula is C17H22BF3N2O2. The summed E-state index contributed by atoms with van der Waals surface area (Å²) in [6, 6.07) is 2.15. The Morgan fingerprint density at radius 2 is 1.88 bits per heavy atom. The van der Waals surface area contributed by atoms with Gasteiger partial charge < -0.3 is 9.31 Å². The van der Waals surface area contributed by atoms with Gasteiger partial charge in [-0.05, 0) is 50.7 Å². The molecule has 1 aromatic heterocycles. The molecule has 3 rings (SSSR count). The number of aromatic nitrogens is 2. The van der Waals surface area contributed by atoms with Gasteiger partial charge in [0.25, 0.3) is 0 Å². The van der Waals surface area contributed by atoms with Crippen LogP contribution in [0.15, 0.2) is 18.3 Å². The third-order valence-corrected chi connectivity index (χ3v) is 5.01. The van der Waals surface area contributed by atoms with E-state index in [1.807, 2.05) is 20.8 Å². The molecule has 1 unspecified atom stereocenters. The summed E-state index contributed by atoms with van der Waals surface area (Å²) < 4.78 is 52.0. The van der Waals surface area contributed by atoms with Crippen LogP contribution >= 0.6 is 0 Å². The lowest BCUT2D eigenvalue weighted by Crippen LogP contribution is -2.45. The second kappa shape index (κ2) is 5.74. The van der Waals surface area contributed by atoms with Gasteiger partial charge in [0.05, 0.1) is 28.5 Å². The molecule has 1 aromatic carbocycles. The van der Waals surface area contributed by atoms with Gasteiger partial charge in [-0.3, -0.25) is 5.10 Å². The Morgan fingerprint density at radius 1 is 1.20 bits per heavy atom. The molecule has 1 saturated heterocycles. The average molecular weight is 354 g/mol. The first kappa shape index (κ1) is 18.3. The van der Waals surface area contributed by atoms with Crippen molar-refractivity contribution < 1.29 is 22.5 Å². The topological polar surface area (TPSA) is 47.1 Å². The Morgan fingerprint density at radius 3 is 2.48 bits per heavy atom. The number of aromatic amines is 1. The molecule has 8 heteroatoms. The summed E-state index contributed by atoms with van der Waals surface area (Å²) in [6.07, 6.45) is -2.21. The highest BCUT2D eigenvalue weighted by molar-refractivity contribution is 6.65. The first-order valence-corrected chi connectivity index (χ1v) is 8.33. The Kier molecular flexibility index (Phi) is 4.19. The fraction of sp³-hybridized carbons (Fsp3) is 0.588. The van der Waals surface area contributed by atoms with Crippen molar-refractivity contribution in [3.63, 3.8) is 0 Å². The summed E-state index contributed by atoms with van der Waals surface area (Å²) in [6.45, 7) is 9.94. The minimum Gasteiger partial charge on any atom is -0.399 e. The van der Waals surface area contributed by atoms with Crippen LogP contribution in [0.5, 0.6) is 0 Å². The molecular weight excluding hydrogens is 332 g/mol. The van der Waals surface area contributed by atoms with Crippen molar-refractivity contribution in [3.8, 4) is 0 Å². The first-order valence-electron chi connectivity index (χ1n) is 8.33. The molecule has 25 heavy (non-hydrogen) atoms. The first-order chi connectivity index (χ1) is 11.4. The van der Waals surface area contributed by atoms with E-state index in [2.05, 4.69) is 24.0 Å². The monoisotopic (exact) mass is 354 g/mol.